The van der Waals surface area contributed by atoms with E-state index in [-0.39, 0.29) is 18.0 Å². The topological polar surface area (TPSA) is 65.3 Å². The fraction of sp³-hybridized carbons (Fsp3) is 0.217. The Hall–Kier alpha value is -3.54. The molecule has 6 heteroatoms. The summed E-state index contributed by atoms with van der Waals surface area (Å²) in [6.45, 7) is 0.800. The molecule has 0 aliphatic carbocycles. The third-order valence-electron chi connectivity index (χ3n) is 5.22. The van der Waals surface area contributed by atoms with Crippen molar-refractivity contribution in [3.63, 3.8) is 0 Å². The summed E-state index contributed by atoms with van der Waals surface area (Å²) in [5, 5.41) is 5.13. The number of hydrogen-bond donors (Lipinski definition) is 1. The number of carbonyl (C=O) groups excluding carboxylic acids is 1. The first-order valence-electron chi connectivity index (χ1n) is 9.54. The Bertz CT molecular complexity index is 1250. The molecule has 0 radical (unpaired) electrons. The van der Waals surface area contributed by atoms with Crippen molar-refractivity contribution < 1.29 is 9.53 Å². The summed E-state index contributed by atoms with van der Waals surface area (Å²) in [6, 6.07) is 19.6. The molecule has 148 valence electrons. The lowest BCUT2D eigenvalue weighted by molar-refractivity contribution is -0.121. The predicted octanol–water partition coefficient (Wildman–Crippen LogP) is 3.21. The Kier molecular flexibility index (Phi) is 5.08. The molecule has 0 bridgehead atoms. The maximum Gasteiger partial charge on any atom is 0.328 e. The summed E-state index contributed by atoms with van der Waals surface area (Å²) in [4.78, 5) is 24.8. The average Bonchev–Trinajstić information content (AvgIpc) is 3.00. The van der Waals surface area contributed by atoms with Crippen LogP contribution in [-0.4, -0.2) is 22.2 Å². The van der Waals surface area contributed by atoms with Gasteiger partial charge in [0.1, 0.15) is 5.75 Å². The van der Waals surface area contributed by atoms with Gasteiger partial charge in [-0.15, -0.1) is 0 Å². The van der Waals surface area contributed by atoms with Gasteiger partial charge in [0.05, 0.1) is 18.1 Å². The van der Waals surface area contributed by atoms with Crippen LogP contribution in [0.5, 0.6) is 5.75 Å². The molecule has 1 heterocycles. The van der Waals surface area contributed by atoms with Gasteiger partial charge in [0.15, 0.2) is 0 Å². The molecule has 0 unspecified atom stereocenters. The van der Waals surface area contributed by atoms with Gasteiger partial charge in [0.25, 0.3) is 0 Å². The number of fused-ring (bicyclic) bond motifs is 2. The number of nitrogens with zero attached hydrogens (tertiary/aromatic N) is 2. The first-order chi connectivity index (χ1) is 14.1. The maximum absolute atomic E-state index is 12.4. The van der Waals surface area contributed by atoms with Crippen molar-refractivity contribution in [1.29, 1.82) is 0 Å². The van der Waals surface area contributed by atoms with E-state index in [0.29, 0.717) is 13.1 Å². The number of hydrogen-bond acceptors (Lipinski definition) is 3. The van der Waals surface area contributed by atoms with Gasteiger partial charge in [0, 0.05) is 26.6 Å². The number of rotatable bonds is 6. The zero-order chi connectivity index (χ0) is 20.4. The molecule has 0 saturated heterocycles. The van der Waals surface area contributed by atoms with Gasteiger partial charge in [-0.1, -0.05) is 30.3 Å². The smallest absolute Gasteiger partial charge is 0.328 e. The van der Waals surface area contributed by atoms with Crippen LogP contribution in [0, 0.1) is 0 Å². The third-order valence-corrected chi connectivity index (χ3v) is 5.22. The standard InChI is InChI=1S/C23H23N3O3/c1-25-20-5-3-4-6-21(20)26(23(25)28)12-11-22(27)24-15-16-7-8-18-14-19(29-2)10-9-17(18)13-16/h3-10,13-14H,11-12,15H2,1-2H3,(H,24,27). The highest BCUT2D eigenvalue weighted by molar-refractivity contribution is 5.84. The third kappa shape index (κ3) is 3.74. The second-order valence-electron chi connectivity index (χ2n) is 7.06. The molecule has 1 aromatic heterocycles. The number of carbonyl (C=O) groups is 1. The lowest BCUT2D eigenvalue weighted by Gasteiger charge is -2.08. The molecule has 1 N–H and O–H groups in total. The van der Waals surface area contributed by atoms with Crippen LogP contribution in [0.2, 0.25) is 0 Å². The van der Waals surface area contributed by atoms with Crippen LogP contribution in [0.4, 0.5) is 0 Å². The van der Waals surface area contributed by atoms with Gasteiger partial charge >= 0.3 is 5.69 Å². The van der Waals surface area contributed by atoms with Crippen molar-refractivity contribution in [2.75, 3.05) is 7.11 Å². The molecular formula is C23H23N3O3. The second kappa shape index (κ2) is 7.83. The van der Waals surface area contributed by atoms with Gasteiger partial charge in [-0.25, -0.2) is 4.79 Å². The maximum atomic E-state index is 12.4. The minimum atomic E-state index is -0.107. The van der Waals surface area contributed by atoms with Crippen molar-refractivity contribution >= 4 is 27.7 Å². The van der Waals surface area contributed by atoms with E-state index in [1.807, 2.05) is 54.6 Å². The summed E-state index contributed by atoms with van der Waals surface area (Å²) in [5.41, 5.74) is 2.63. The van der Waals surface area contributed by atoms with Crippen LogP contribution in [0.1, 0.15) is 12.0 Å². The van der Waals surface area contributed by atoms with Crippen LogP contribution in [0.25, 0.3) is 21.8 Å². The van der Waals surface area contributed by atoms with Crippen molar-refractivity contribution in [1.82, 2.24) is 14.5 Å². The van der Waals surface area contributed by atoms with Gasteiger partial charge < -0.3 is 10.1 Å². The number of benzene rings is 3. The molecule has 4 rings (SSSR count). The minimum absolute atomic E-state index is 0.0836. The Morgan fingerprint density at radius 3 is 2.52 bits per heavy atom. The molecule has 0 saturated carbocycles. The molecular weight excluding hydrogens is 366 g/mol. The zero-order valence-corrected chi connectivity index (χ0v) is 16.5. The van der Waals surface area contributed by atoms with Crippen LogP contribution < -0.4 is 15.7 Å². The molecule has 0 fully saturated rings. The lowest BCUT2D eigenvalue weighted by Crippen LogP contribution is -2.27. The van der Waals surface area contributed by atoms with E-state index in [2.05, 4.69) is 11.4 Å². The normalized spacial score (nSPS) is 11.1. The van der Waals surface area contributed by atoms with Crippen LogP contribution in [0.15, 0.2) is 65.5 Å². The van der Waals surface area contributed by atoms with E-state index >= 15 is 0 Å². The molecule has 3 aromatic carbocycles. The molecule has 6 nitrogen and oxygen atoms in total. The molecule has 0 spiro atoms. The highest BCUT2D eigenvalue weighted by Crippen LogP contribution is 2.21. The van der Waals surface area contributed by atoms with E-state index in [1.54, 1.807) is 23.3 Å². The first-order valence-corrected chi connectivity index (χ1v) is 9.54. The number of aromatic nitrogens is 2. The number of ether oxygens (including phenoxy) is 1. The molecule has 29 heavy (non-hydrogen) atoms. The van der Waals surface area contributed by atoms with E-state index in [0.717, 1.165) is 33.1 Å². The predicted molar refractivity (Wildman–Crippen MR) is 114 cm³/mol. The minimum Gasteiger partial charge on any atom is -0.497 e. The fourth-order valence-electron chi connectivity index (χ4n) is 3.59. The Morgan fingerprint density at radius 2 is 1.72 bits per heavy atom. The van der Waals surface area contributed by atoms with E-state index in [9.17, 15) is 9.59 Å². The van der Waals surface area contributed by atoms with Crippen molar-refractivity contribution in [3.05, 3.63) is 76.7 Å². The fourth-order valence-corrected chi connectivity index (χ4v) is 3.59. The molecule has 0 aliphatic heterocycles. The lowest BCUT2D eigenvalue weighted by atomic mass is 10.1. The van der Waals surface area contributed by atoms with E-state index in [1.165, 1.54) is 0 Å². The summed E-state index contributed by atoms with van der Waals surface area (Å²) in [7, 11) is 3.40. The summed E-state index contributed by atoms with van der Waals surface area (Å²) < 4.78 is 8.51. The Morgan fingerprint density at radius 1 is 1.00 bits per heavy atom. The van der Waals surface area contributed by atoms with Crippen LogP contribution in [-0.2, 0) is 24.9 Å². The van der Waals surface area contributed by atoms with Gasteiger partial charge in [-0.3, -0.25) is 13.9 Å². The molecule has 0 atom stereocenters. The number of amides is 1. The number of methoxy groups -OCH3 is 1. The number of aryl methyl sites for hydroxylation is 2. The van der Waals surface area contributed by atoms with Crippen LogP contribution in [0.3, 0.4) is 0 Å². The average molecular weight is 389 g/mol. The SMILES string of the molecule is COc1ccc2cc(CNC(=O)CCn3c(=O)n(C)c4ccccc43)ccc2c1. The van der Waals surface area contributed by atoms with Crippen LogP contribution >= 0.6 is 0 Å². The van der Waals surface area contributed by atoms with Gasteiger partial charge in [-0.2, -0.15) is 0 Å². The Balaban J connectivity index is 1.40. The van der Waals surface area contributed by atoms with Crippen molar-refractivity contribution in [3.8, 4) is 5.75 Å². The van der Waals surface area contributed by atoms with E-state index < -0.39 is 0 Å². The highest BCUT2D eigenvalue weighted by Gasteiger charge is 2.11. The molecule has 0 aliphatic rings. The largest absolute Gasteiger partial charge is 0.497 e. The number of imidazole rings is 1. The highest BCUT2D eigenvalue weighted by atomic mass is 16.5. The van der Waals surface area contributed by atoms with Crippen molar-refractivity contribution in [2.24, 2.45) is 7.05 Å². The summed E-state index contributed by atoms with van der Waals surface area (Å²) in [5.74, 6) is 0.738. The van der Waals surface area contributed by atoms with Gasteiger partial charge in [0.2, 0.25) is 5.91 Å². The number of para-hydroxylation sites is 2. The Labute approximate surface area is 168 Å². The number of nitrogens with one attached hydrogen (secondary N) is 1. The molecule has 4 aromatic rings. The summed E-state index contributed by atoms with van der Waals surface area (Å²) >= 11 is 0. The van der Waals surface area contributed by atoms with Gasteiger partial charge in [-0.05, 0) is 46.7 Å². The molecule has 1 amide bonds. The summed E-state index contributed by atoms with van der Waals surface area (Å²) in [6.07, 6.45) is 0.249. The zero-order valence-electron chi connectivity index (χ0n) is 16.5. The van der Waals surface area contributed by atoms with E-state index in [4.69, 9.17) is 4.74 Å². The quantitative estimate of drug-likeness (QED) is 0.551. The first kappa shape index (κ1) is 18.8. The monoisotopic (exact) mass is 389 g/mol. The van der Waals surface area contributed by atoms with Crippen molar-refractivity contribution in [2.45, 2.75) is 19.5 Å². The second-order valence-corrected chi connectivity index (χ2v) is 7.06.